The maximum atomic E-state index is 12.6. The lowest BCUT2D eigenvalue weighted by Gasteiger charge is -2.22. The van der Waals surface area contributed by atoms with Gasteiger partial charge in [-0.15, -0.1) is 0 Å². The summed E-state index contributed by atoms with van der Waals surface area (Å²) in [6.07, 6.45) is 0.370. The predicted octanol–water partition coefficient (Wildman–Crippen LogP) is 2.53. The molecule has 1 aromatic carbocycles. The highest BCUT2D eigenvalue weighted by atomic mass is 79.9. The Bertz CT molecular complexity index is 560. The molecule has 0 bridgehead atoms. The monoisotopic (exact) mass is 379 g/mol. The molecule has 1 aromatic rings. The van der Waals surface area contributed by atoms with Crippen LogP contribution in [0.5, 0.6) is 5.75 Å². The Hall–Kier alpha value is -0.630. The van der Waals surface area contributed by atoms with Crippen LogP contribution in [0.1, 0.15) is 27.2 Å². The minimum atomic E-state index is -3.72. The van der Waals surface area contributed by atoms with Crippen LogP contribution in [0.2, 0.25) is 0 Å². The average molecular weight is 380 g/mol. The van der Waals surface area contributed by atoms with Crippen LogP contribution in [0.4, 0.5) is 0 Å². The van der Waals surface area contributed by atoms with Crippen LogP contribution in [0.3, 0.4) is 0 Å². The summed E-state index contributed by atoms with van der Waals surface area (Å²) in [4.78, 5) is 0.0994. The molecule has 1 atom stereocenters. The van der Waals surface area contributed by atoms with Crippen molar-refractivity contribution < 1.29 is 18.3 Å². The zero-order valence-corrected chi connectivity index (χ0v) is 14.9. The van der Waals surface area contributed by atoms with E-state index in [2.05, 4.69) is 20.7 Å². The van der Waals surface area contributed by atoms with E-state index < -0.39 is 10.0 Å². The lowest BCUT2D eigenvalue weighted by molar-refractivity contribution is 0.255. The fourth-order valence-corrected chi connectivity index (χ4v) is 4.00. The molecule has 7 heteroatoms. The molecule has 0 aliphatic heterocycles. The van der Waals surface area contributed by atoms with E-state index in [0.29, 0.717) is 23.2 Å². The topological polar surface area (TPSA) is 75.6 Å². The fraction of sp³-hybridized carbons (Fsp3) is 0.571. The second-order valence-corrected chi connectivity index (χ2v) is 7.61. The van der Waals surface area contributed by atoms with Crippen LogP contribution < -0.4 is 9.46 Å². The molecule has 21 heavy (non-hydrogen) atoms. The Morgan fingerprint density at radius 1 is 1.38 bits per heavy atom. The molecule has 1 unspecified atom stereocenters. The van der Waals surface area contributed by atoms with Gasteiger partial charge in [0.15, 0.2) is 0 Å². The van der Waals surface area contributed by atoms with Crippen LogP contribution in [-0.2, 0) is 10.0 Å². The Morgan fingerprint density at radius 3 is 2.57 bits per heavy atom. The molecule has 0 fully saturated rings. The number of aliphatic hydroxyl groups excluding tert-OH is 1. The Kier molecular flexibility index (Phi) is 7.12. The summed E-state index contributed by atoms with van der Waals surface area (Å²) in [5.74, 6) is 0.398. The third-order valence-corrected chi connectivity index (χ3v) is 5.05. The first kappa shape index (κ1) is 18.4. The van der Waals surface area contributed by atoms with E-state index in [1.54, 1.807) is 19.1 Å². The first-order valence-corrected chi connectivity index (χ1v) is 9.15. The third-order valence-electron chi connectivity index (χ3n) is 3.05. The van der Waals surface area contributed by atoms with Crippen molar-refractivity contribution in [2.75, 3.05) is 13.2 Å². The summed E-state index contributed by atoms with van der Waals surface area (Å²) in [6, 6.07) is 4.55. The molecule has 0 heterocycles. The van der Waals surface area contributed by atoms with Gasteiger partial charge in [0.25, 0.3) is 0 Å². The molecule has 0 aliphatic rings. The van der Waals surface area contributed by atoms with Gasteiger partial charge in [-0.2, -0.15) is 0 Å². The van der Waals surface area contributed by atoms with Crippen LogP contribution in [0.15, 0.2) is 27.6 Å². The normalized spacial score (nSPS) is 13.4. The van der Waals surface area contributed by atoms with Gasteiger partial charge in [-0.25, -0.2) is 13.1 Å². The number of ether oxygens (including phenoxy) is 1. The van der Waals surface area contributed by atoms with Crippen molar-refractivity contribution in [3.63, 3.8) is 0 Å². The molecule has 2 N–H and O–H groups in total. The second-order valence-electron chi connectivity index (χ2n) is 5.01. The number of sulfonamides is 1. The number of hydrogen-bond donors (Lipinski definition) is 2. The maximum Gasteiger partial charge on any atom is 0.244 e. The molecule has 120 valence electrons. The summed E-state index contributed by atoms with van der Waals surface area (Å²) in [6.45, 7) is 5.94. The quantitative estimate of drug-likeness (QED) is 0.727. The lowest BCUT2D eigenvalue weighted by atomic mass is 10.0. The van der Waals surface area contributed by atoms with E-state index in [4.69, 9.17) is 9.84 Å². The van der Waals surface area contributed by atoms with Crippen LogP contribution >= 0.6 is 15.9 Å². The SMILES string of the molecule is CCOc1ccc(Br)cc1S(=O)(=O)NC(CCO)C(C)C. The summed E-state index contributed by atoms with van der Waals surface area (Å²) in [7, 11) is -3.72. The predicted molar refractivity (Wildman–Crippen MR) is 86.0 cm³/mol. The van der Waals surface area contributed by atoms with Crippen LogP contribution in [-0.4, -0.2) is 32.8 Å². The Balaban J connectivity index is 3.14. The molecule has 0 spiro atoms. The molecule has 0 radical (unpaired) electrons. The maximum absolute atomic E-state index is 12.6. The van der Waals surface area contributed by atoms with Gasteiger partial charge in [0.2, 0.25) is 10.0 Å². The van der Waals surface area contributed by atoms with Crippen molar-refractivity contribution in [3.05, 3.63) is 22.7 Å². The molecule has 0 saturated carbocycles. The number of nitrogens with one attached hydrogen (secondary N) is 1. The molecule has 0 saturated heterocycles. The van der Waals surface area contributed by atoms with Crippen molar-refractivity contribution in [1.29, 1.82) is 0 Å². The van der Waals surface area contributed by atoms with Gasteiger partial charge in [0.05, 0.1) is 6.61 Å². The van der Waals surface area contributed by atoms with Crippen molar-refractivity contribution in [2.45, 2.75) is 38.1 Å². The van der Waals surface area contributed by atoms with E-state index in [9.17, 15) is 8.42 Å². The van der Waals surface area contributed by atoms with Gasteiger partial charge in [0, 0.05) is 17.1 Å². The van der Waals surface area contributed by atoms with E-state index in [1.807, 2.05) is 13.8 Å². The molecule has 1 rings (SSSR count). The number of benzene rings is 1. The van der Waals surface area contributed by atoms with Crippen LogP contribution in [0, 0.1) is 5.92 Å². The summed E-state index contributed by atoms with van der Waals surface area (Å²) in [5.41, 5.74) is 0. The van der Waals surface area contributed by atoms with Crippen molar-refractivity contribution >= 4 is 26.0 Å². The summed E-state index contributed by atoms with van der Waals surface area (Å²) < 4.78 is 33.9. The van der Waals surface area contributed by atoms with Gasteiger partial charge < -0.3 is 9.84 Å². The van der Waals surface area contributed by atoms with Crippen LogP contribution in [0.25, 0.3) is 0 Å². The van der Waals surface area contributed by atoms with Gasteiger partial charge >= 0.3 is 0 Å². The Labute approximate surface area is 134 Å². The lowest BCUT2D eigenvalue weighted by Crippen LogP contribution is -2.39. The van der Waals surface area contributed by atoms with Gasteiger partial charge in [-0.3, -0.25) is 0 Å². The van der Waals surface area contributed by atoms with E-state index in [0.717, 1.165) is 0 Å². The summed E-state index contributed by atoms with van der Waals surface area (Å²) in [5, 5.41) is 9.07. The fourth-order valence-electron chi connectivity index (χ4n) is 1.90. The Morgan fingerprint density at radius 2 is 2.05 bits per heavy atom. The number of halogens is 1. The molecule has 0 aromatic heterocycles. The van der Waals surface area contributed by atoms with E-state index >= 15 is 0 Å². The second kappa shape index (κ2) is 8.12. The van der Waals surface area contributed by atoms with Crippen molar-refractivity contribution in [2.24, 2.45) is 5.92 Å². The first-order valence-electron chi connectivity index (χ1n) is 6.87. The zero-order valence-electron chi connectivity index (χ0n) is 12.5. The van der Waals surface area contributed by atoms with Gasteiger partial charge in [-0.1, -0.05) is 29.8 Å². The minimum absolute atomic E-state index is 0.0673. The van der Waals surface area contributed by atoms with E-state index in [1.165, 1.54) is 6.07 Å². The molecule has 5 nitrogen and oxygen atoms in total. The van der Waals surface area contributed by atoms with Crippen molar-refractivity contribution in [1.82, 2.24) is 4.72 Å². The van der Waals surface area contributed by atoms with Gasteiger partial charge in [0.1, 0.15) is 10.6 Å². The smallest absolute Gasteiger partial charge is 0.244 e. The number of hydrogen-bond acceptors (Lipinski definition) is 4. The van der Waals surface area contributed by atoms with Gasteiger partial charge in [-0.05, 0) is 37.5 Å². The molecule has 0 amide bonds. The third kappa shape index (κ3) is 5.25. The van der Waals surface area contributed by atoms with Crippen molar-refractivity contribution in [3.8, 4) is 5.75 Å². The molecule has 0 aliphatic carbocycles. The average Bonchev–Trinajstić information content (AvgIpc) is 2.40. The van der Waals surface area contributed by atoms with E-state index in [-0.39, 0.29) is 23.5 Å². The largest absolute Gasteiger partial charge is 0.492 e. The highest BCUT2D eigenvalue weighted by Crippen LogP contribution is 2.28. The number of rotatable bonds is 8. The molecular formula is C14H22BrNO4S. The standard InChI is InChI=1S/C14H22BrNO4S/c1-4-20-13-6-5-11(15)9-14(13)21(18,19)16-12(7-8-17)10(2)3/h5-6,9-10,12,16-17H,4,7-8H2,1-3H3. The highest BCUT2D eigenvalue weighted by molar-refractivity contribution is 9.10. The zero-order chi connectivity index (χ0) is 16.0. The first-order chi connectivity index (χ1) is 9.81. The summed E-state index contributed by atoms with van der Waals surface area (Å²) >= 11 is 3.28. The minimum Gasteiger partial charge on any atom is -0.492 e. The highest BCUT2D eigenvalue weighted by Gasteiger charge is 2.25. The molecular weight excluding hydrogens is 358 g/mol. The number of aliphatic hydroxyl groups is 1.